The third kappa shape index (κ3) is 44.0. The van der Waals surface area contributed by atoms with Crippen molar-refractivity contribution in [1.82, 2.24) is 0 Å². The molecule has 0 aromatic carbocycles. The van der Waals surface area contributed by atoms with Crippen molar-refractivity contribution in [1.29, 1.82) is 0 Å². The molecule has 6 nitrogen and oxygen atoms in total. The van der Waals surface area contributed by atoms with Crippen molar-refractivity contribution in [3.05, 3.63) is 72.9 Å². The van der Waals surface area contributed by atoms with Crippen molar-refractivity contribution < 1.29 is 28.6 Å². The summed E-state index contributed by atoms with van der Waals surface area (Å²) in [5.74, 6) is -0.945. The Morgan fingerprint density at radius 3 is 1.09 bits per heavy atom. The minimum absolute atomic E-state index is 0.0924. The van der Waals surface area contributed by atoms with Gasteiger partial charge in [0.2, 0.25) is 0 Å². The van der Waals surface area contributed by atoms with Crippen molar-refractivity contribution in [2.45, 2.75) is 226 Å². The zero-order valence-corrected chi connectivity index (χ0v) is 37.8. The second-order valence-corrected chi connectivity index (χ2v) is 15.6. The summed E-state index contributed by atoms with van der Waals surface area (Å²) in [4.78, 5) is 37.7. The number of unbranched alkanes of at least 4 members (excludes halogenated alkanes) is 19. The van der Waals surface area contributed by atoms with E-state index < -0.39 is 6.10 Å². The van der Waals surface area contributed by atoms with E-state index in [1.807, 2.05) is 0 Å². The van der Waals surface area contributed by atoms with Gasteiger partial charge in [0.05, 0.1) is 0 Å². The highest BCUT2D eigenvalue weighted by atomic mass is 16.6. The fourth-order valence-corrected chi connectivity index (χ4v) is 6.41. The Labute approximate surface area is 357 Å². The van der Waals surface area contributed by atoms with Gasteiger partial charge in [-0.1, -0.05) is 190 Å². The fraction of sp³-hybridized carbons (Fsp3) is 0.712. The summed E-state index contributed by atoms with van der Waals surface area (Å²) >= 11 is 0. The maximum atomic E-state index is 12.7. The third-order valence-corrected chi connectivity index (χ3v) is 9.96. The molecule has 0 saturated heterocycles. The first-order chi connectivity index (χ1) is 28.5. The molecule has 0 aliphatic rings. The molecule has 0 aliphatic carbocycles. The second-order valence-electron chi connectivity index (χ2n) is 15.6. The molecule has 0 rings (SSSR count). The van der Waals surface area contributed by atoms with E-state index in [0.29, 0.717) is 19.3 Å². The number of hydrogen-bond acceptors (Lipinski definition) is 6. The van der Waals surface area contributed by atoms with Gasteiger partial charge >= 0.3 is 17.9 Å². The summed E-state index contributed by atoms with van der Waals surface area (Å²) in [5, 5.41) is 0. The topological polar surface area (TPSA) is 78.9 Å². The Morgan fingerprint density at radius 1 is 0.362 bits per heavy atom. The van der Waals surface area contributed by atoms with E-state index in [1.165, 1.54) is 77.0 Å². The van der Waals surface area contributed by atoms with E-state index in [2.05, 4.69) is 93.7 Å². The normalized spacial score (nSPS) is 12.7. The van der Waals surface area contributed by atoms with Gasteiger partial charge in [0, 0.05) is 19.3 Å². The lowest BCUT2D eigenvalue weighted by atomic mass is 10.0. The Morgan fingerprint density at radius 2 is 0.672 bits per heavy atom. The highest BCUT2D eigenvalue weighted by Crippen LogP contribution is 2.14. The standard InChI is InChI=1S/C52H88O6/c1-4-7-10-13-16-19-21-23-24-25-26-27-28-29-31-33-36-39-42-45-51(54)57-48-49(47-56-50(53)44-41-38-35-32-18-15-12-9-6-3)58-52(55)46-43-40-37-34-30-22-20-17-14-11-8-5-2/h7,9-10,12,16,18-19,23-24,26-27,32,49H,4-6,8,11,13-15,17,20-22,25,28-31,33-48H2,1-3H3/b10-7-,12-9-,19-16-,24-23-,27-26-,32-18-. The largest absolute Gasteiger partial charge is 0.462 e. The third-order valence-electron chi connectivity index (χ3n) is 9.96. The van der Waals surface area contributed by atoms with Crippen LogP contribution in [0.2, 0.25) is 0 Å². The van der Waals surface area contributed by atoms with Crippen molar-refractivity contribution >= 4 is 17.9 Å². The van der Waals surface area contributed by atoms with E-state index in [-0.39, 0.29) is 31.1 Å². The maximum Gasteiger partial charge on any atom is 0.306 e. The van der Waals surface area contributed by atoms with Crippen LogP contribution >= 0.6 is 0 Å². The zero-order valence-electron chi connectivity index (χ0n) is 37.8. The van der Waals surface area contributed by atoms with Crippen molar-refractivity contribution in [2.75, 3.05) is 13.2 Å². The lowest BCUT2D eigenvalue weighted by Crippen LogP contribution is -2.30. The SMILES string of the molecule is CC/C=C\C/C=C\C/C=C\C/C=C\CCCCCCCCC(=O)OCC(COC(=O)CCCC/C=C\C/C=C\CC)OC(=O)CCCCCCCCCCCCCC. The average molecular weight is 809 g/mol. The van der Waals surface area contributed by atoms with Crippen LogP contribution < -0.4 is 0 Å². The number of esters is 3. The molecule has 0 heterocycles. The van der Waals surface area contributed by atoms with Crippen LogP contribution in [0, 0.1) is 0 Å². The first kappa shape index (κ1) is 54.9. The van der Waals surface area contributed by atoms with E-state index in [9.17, 15) is 14.4 Å². The predicted molar refractivity (Wildman–Crippen MR) is 247 cm³/mol. The van der Waals surface area contributed by atoms with Gasteiger partial charge in [0.25, 0.3) is 0 Å². The minimum Gasteiger partial charge on any atom is -0.462 e. The molecule has 1 unspecified atom stereocenters. The number of hydrogen-bond donors (Lipinski definition) is 0. The summed E-state index contributed by atoms with van der Waals surface area (Å²) < 4.78 is 16.7. The van der Waals surface area contributed by atoms with Crippen molar-refractivity contribution in [3.63, 3.8) is 0 Å². The molecular formula is C52H88O6. The highest BCUT2D eigenvalue weighted by molar-refractivity contribution is 5.71. The average Bonchev–Trinajstić information content (AvgIpc) is 3.22. The summed E-state index contributed by atoms with van der Waals surface area (Å²) in [6.45, 7) is 6.34. The number of carbonyl (C=O) groups excluding carboxylic acids is 3. The van der Waals surface area contributed by atoms with Crippen LogP contribution in [0.15, 0.2) is 72.9 Å². The van der Waals surface area contributed by atoms with Gasteiger partial charge in [-0.2, -0.15) is 0 Å². The highest BCUT2D eigenvalue weighted by Gasteiger charge is 2.19. The van der Waals surface area contributed by atoms with E-state index >= 15 is 0 Å². The Balaban J connectivity index is 4.35. The summed E-state index contributed by atoms with van der Waals surface area (Å²) in [7, 11) is 0. The van der Waals surface area contributed by atoms with Crippen LogP contribution in [0.1, 0.15) is 220 Å². The Hall–Kier alpha value is -3.15. The molecule has 0 aromatic rings. The Kier molecular flexibility index (Phi) is 44.0. The Bertz CT molecular complexity index is 1110. The number of ether oxygens (including phenoxy) is 3. The quantitative estimate of drug-likeness (QED) is 0.0264. The molecule has 0 amide bonds. The molecule has 0 fully saturated rings. The first-order valence-corrected chi connectivity index (χ1v) is 23.9. The summed E-state index contributed by atoms with van der Waals surface area (Å²) in [5.41, 5.74) is 0. The maximum absolute atomic E-state index is 12.7. The van der Waals surface area contributed by atoms with Gasteiger partial charge in [-0.15, -0.1) is 0 Å². The summed E-state index contributed by atoms with van der Waals surface area (Å²) in [6.07, 6.45) is 57.5. The predicted octanol–water partition coefficient (Wildman–Crippen LogP) is 15.5. The van der Waals surface area contributed by atoms with E-state index in [4.69, 9.17) is 14.2 Å². The smallest absolute Gasteiger partial charge is 0.306 e. The van der Waals surface area contributed by atoms with E-state index in [0.717, 1.165) is 103 Å². The molecule has 0 N–H and O–H groups in total. The molecule has 6 heteroatoms. The van der Waals surface area contributed by atoms with Gasteiger partial charge in [-0.25, -0.2) is 0 Å². The van der Waals surface area contributed by atoms with Gasteiger partial charge in [0.1, 0.15) is 13.2 Å². The number of rotatable bonds is 42. The van der Waals surface area contributed by atoms with Crippen LogP contribution in [0.3, 0.4) is 0 Å². The first-order valence-electron chi connectivity index (χ1n) is 23.9. The molecule has 0 radical (unpaired) electrons. The van der Waals surface area contributed by atoms with Gasteiger partial charge in [-0.3, -0.25) is 14.4 Å². The monoisotopic (exact) mass is 809 g/mol. The molecule has 1 atom stereocenters. The second kappa shape index (κ2) is 46.5. The number of carbonyl (C=O) groups is 3. The molecule has 332 valence electrons. The van der Waals surface area contributed by atoms with Crippen molar-refractivity contribution in [3.8, 4) is 0 Å². The van der Waals surface area contributed by atoms with Crippen LogP contribution in [0.25, 0.3) is 0 Å². The molecular weight excluding hydrogens is 721 g/mol. The van der Waals surface area contributed by atoms with Crippen LogP contribution in [-0.4, -0.2) is 37.2 Å². The molecule has 0 aliphatic heterocycles. The van der Waals surface area contributed by atoms with Crippen molar-refractivity contribution in [2.24, 2.45) is 0 Å². The molecule has 0 aromatic heterocycles. The molecule has 0 bridgehead atoms. The van der Waals surface area contributed by atoms with Gasteiger partial charge < -0.3 is 14.2 Å². The number of allylic oxidation sites excluding steroid dienone is 12. The van der Waals surface area contributed by atoms with Gasteiger partial charge in [-0.05, 0) is 83.5 Å². The van der Waals surface area contributed by atoms with Crippen LogP contribution in [0.4, 0.5) is 0 Å². The van der Waals surface area contributed by atoms with Crippen LogP contribution in [-0.2, 0) is 28.6 Å². The zero-order chi connectivity index (χ0) is 42.3. The fourth-order valence-electron chi connectivity index (χ4n) is 6.41. The molecule has 58 heavy (non-hydrogen) atoms. The molecule has 0 spiro atoms. The lowest BCUT2D eigenvalue weighted by Gasteiger charge is -2.18. The minimum atomic E-state index is -0.790. The molecule has 0 saturated carbocycles. The van der Waals surface area contributed by atoms with E-state index in [1.54, 1.807) is 0 Å². The van der Waals surface area contributed by atoms with Gasteiger partial charge in [0.15, 0.2) is 6.10 Å². The lowest BCUT2D eigenvalue weighted by molar-refractivity contribution is -0.167. The van der Waals surface area contributed by atoms with Crippen LogP contribution in [0.5, 0.6) is 0 Å². The summed E-state index contributed by atoms with van der Waals surface area (Å²) in [6, 6.07) is 0.